The number of anilines is 1. The number of amides is 2. The number of rotatable bonds is 4. The molecule has 0 bridgehead atoms. The van der Waals surface area contributed by atoms with E-state index in [0.717, 1.165) is 49.3 Å². The van der Waals surface area contributed by atoms with Gasteiger partial charge >= 0.3 is 6.18 Å². The van der Waals surface area contributed by atoms with Gasteiger partial charge in [-0.2, -0.15) is 13.2 Å². The molecule has 2 aromatic rings. The maximum Gasteiger partial charge on any atom is 0.417 e. The number of pyridine rings is 1. The van der Waals surface area contributed by atoms with Gasteiger partial charge in [-0.25, -0.2) is 9.97 Å². The van der Waals surface area contributed by atoms with E-state index in [0.29, 0.717) is 19.6 Å². The average molecular weight is 510 g/mol. The monoisotopic (exact) mass is 509 g/mol. The van der Waals surface area contributed by atoms with Crippen molar-refractivity contribution in [3.05, 3.63) is 28.5 Å². The Hall–Kier alpha value is -2.69. The van der Waals surface area contributed by atoms with Crippen LogP contribution in [0.4, 0.5) is 19.0 Å². The first-order valence-electron chi connectivity index (χ1n) is 11.8. The van der Waals surface area contributed by atoms with Crippen molar-refractivity contribution in [2.24, 2.45) is 0 Å². The smallest absolute Gasteiger partial charge is 0.365 e. The Morgan fingerprint density at radius 3 is 2.34 bits per heavy atom. The number of carbonyl (C=O) groups excluding carboxylic acids is 2. The lowest BCUT2D eigenvalue weighted by Gasteiger charge is -2.23. The van der Waals surface area contributed by atoms with Crippen molar-refractivity contribution in [2.45, 2.75) is 71.1 Å². The third-order valence-electron chi connectivity index (χ3n) is 6.18. The fraction of sp³-hybridized carbons (Fsp3) is 0.583. The molecule has 2 aromatic heterocycles. The second-order valence-electron chi connectivity index (χ2n) is 10.2. The summed E-state index contributed by atoms with van der Waals surface area (Å²) in [6.45, 7) is 9.02. The van der Waals surface area contributed by atoms with Gasteiger partial charge in [0, 0.05) is 43.0 Å². The third kappa shape index (κ3) is 5.44. The van der Waals surface area contributed by atoms with E-state index in [4.69, 9.17) is 0 Å². The number of hydrogen-bond donors (Lipinski definition) is 1. The minimum atomic E-state index is -4.70. The molecule has 0 unspecified atom stereocenters. The first kappa shape index (κ1) is 25.4. The van der Waals surface area contributed by atoms with Crippen LogP contribution < -0.4 is 5.32 Å². The summed E-state index contributed by atoms with van der Waals surface area (Å²) in [6.07, 6.45) is -0.214. The summed E-state index contributed by atoms with van der Waals surface area (Å²) in [6, 6.07) is 0.906. The van der Waals surface area contributed by atoms with Crippen LogP contribution in [-0.2, 0) is 6.18 Å². The molecule has 2 amide bonds. The average Bonchev–Trinajstić information content (AvgIpc) is 3.52. The van der Waals surface area contributed by atoms with Crippen LogP contribution in [0, 0.1) is 0 Å². The molecule has 1 N–H and O–H groups in total. The quantitative estimate of drug-likeness (QED) is 0.606. The van der Waals surface area contributed by atoms with Gasteiger partial charge in [0.15, 0.2) is 5.01 Å². The van der Waals surface area contributed by atoms with Gasteiger partial charge in [0.1, 0.15) is 11.5 Å². The van der Waals surface area contributed by atoms with Gasteiger partial charge in [-0.15, -0.1) is 11.3 Å². The lowest BCUT2D eigenvalue weighted by molar-refractivity contribution is -0.137. The highest BCUT2D eigenvalue weighted by Crippen LogP contribution is 2.42. The molecule has 11 heteroatoms. The van der Waals surface area contributed by atoms with E-state index in [1.165, 1.54) is 0 Å². The molecular formula is C24H30F3N5O2S. The number of carbonyl (C=O) groups is 2. The van der Waals surface area contributed by atoms with Crippen LogP contribution in [0.15, 0.2) is 12.3 Å². The summed E-state index contributed by atoms with van der Waals surface area (Å²) in [5.74, 6) is -0.728. The van der Waals surface area contributed by atoms with E-state index >= 15 is 0 Å². The zero-order chi connectivity index (χ0) is 25.5. The topological polar surface area (TPSA) is 78.4 Å². The molecule has 2 saturated heterocycles. The van der Waals surface area contributed by atoms with Crippen LogP contribution in [0.2, 0.25) is 0 Å². The number of nitrogens with zero attached hydrogens (tertiary/aromatic N) is 4. The SMILES string of the molecule is C[C@H]1CCCN1C(=O)c1nc(C(=O)N2CCCC2)sc1-c1cnc(NC(C)(C)C)cc1C(F)(F)F. The number of thiazole rings is 1. The van der Waals surface area contributed by atoms with Gasteiger partial charge in [0.25, 0.3) is 11.8 Å². The lowest BCUT2D eigenvalue weighted by atomic mass is 10.1. The first-order valence-corrected chi connectivity index (χ1v) is 12.6. The zero-order valence-electron chi connectivity index (χ0n) is 20.3. The molecule has 0 spiro atoms. The van der Waals surface area contributed by atoms with Crippen molar-refractivity contribution in [1.29, 1.82) is 0 Å². The normalized spacial score (nSPS) is 18.9. The van der Waals surface area contributed by atoms with Crippen LogP contribution in [0.25, 0.3) is 10.4 Å². The molecule has 0 radical (unpaired) electrons. The molecule has 0 aliphatic carbocycles. The molecule has 4 rings (SSSR count). The summed E-state index contributed by atoms with van der Waals surface area (Å²) in [5, 5.41) is 2.99. The number of halogens is 3. The molecule has 1 atom stereocenters. The van der Waals surface area contributed by atoms with Crippen LogP contribution in [0.5, 0.6) is 0 Å². The Morgan fingerprint density at radius 2 is 1.77 bits per heavy atom. The van der Waals surface area contributed by atoms with E-state index in [2.05, 4.69) is 15.3 Å². The maximum absolute atomic E-state index is 14.2. The van der Waals surface area contributed by atoms with E-state index < -0.39 is 23.2 Å². The molecular weight excluding hydrogens is 479 g/mol. The number of aromatic nitrogens is 2. The fourth-order valence-electron chi connectivity index (χ4n) is 4.49. The van der Waals surface area contributed by atoms with Crippen molar-refractivity contribution in [3.8, 4) is 10.4 Å². The standard InChI is InChI=1S/C24H30F3N5O2S/c1-14-8-7-11-32(14)21(33)18-19(35-20(29-18)22(34)31-9-5-6-10-31)15-13-28-17(30-23(2,3)4)12-16(15)24(25,26)27/h12-14H,5-11H2,1-4H3,(H,28,30)/t14-/m0/s1. The molecule has 7 nitrogen and oxygen atoms in total. The second kappa shape index (κ2) is 9.40. The van der Waals surface area contributed by atoms with Crippen molar-refractivity contribution in [1.82, 2.24) is 19.8 Å². The Labute approximate surface area is 206 Å². The first-order chi connectivity index (χ1) is 16.3. The van der Waals surface area contributed by atoms with E-state index in [1.807, 2.05) is 27.7 Å². The molecule has 2 fully saturated rings. The minimum Gasteiger partial charge on any atom is -0.365 e. The maximum atomic E-state index is 14.2. The van der Waals surface area contributed by atoms with Crippen molar-refractivity contribution in [3.63, 3.8) is 0 Å². The molecule has 190 valence electrons. The van der Waals surface area contributed by atoms with Crippen LogP contribution in [0.3, 0.4) is 0 Å². The predicted molar refractivity (Wildman–Crippen MR) is 129 cm³/mol. The number of hydrogen-bond acceptors (Lipinski definition) is 6. The minimum absolute atomic E-state index is 0.0266. The van der Waals surface area contributed by atoms with Gasteiger partial charge in [0.05, 0.1) is 10.4 Å². The highest BCUT2D eigenvalue weighted by Gasteiger charge is 2.39. The van der Waals surface area contributed by atoms with Gasteiger partial charge < -0.3 is 15.1 Å². The zero-order valence-corrected chi connectivity index (χ0v) is 21.1. The lowest BCUT2D eigenvalue weighted by Crippen LogP contribution is -2.34. The highest BCUT2D eigenvalue weighted by atomic mass is 32.1. The van der Waals surface area contributed by atoms with Crippen LogP contribution in [-0.4, -0.2) is 62.8 Å². The molecule has 2 aliphatic heterocycles. The molecule has 2 aliphatic rings. The van der Waals surface area contributed by atoms with Crippen molar-refractivity contribution >= 4 is 29.0 Å². The van der Waals surface area contributed by atoms with Crippen molar-refractivity contribution < 1.29 is 22.8 Å². The Bertz CT molecular complexity index is 1120. The number of alkyl halides is 3. The summed E-state index contributed by atoms with van der Waals surface area (Å²) in [5.41, 5.74) is -1.78. The fourth-order valence-corrected chi connectivity index (χ4v) is 5.54. The Balaban J connectivity index is 1.84. The van der Waals surface area contributed by atoms with Gasteiger partial charge in [-0.3, -0.25) is 9.59 Å². The van der Waals surface area contributed by atoms with E-state index in [9.17, 15) is 22.8 Å². The Kier molecular flexibility index (Phi) is 6.82. The predicted octanol–water partition coefficient (Wildman–Crippen LogP) is 5.29. The largest absolute Gasteiger partial charge is 0.417 e. The van der Waals surface area contributed by atoms with Crippen LogP contribution >= 0.6 is 11.3 Å². The second-order valence-corrected chi connectivity index (χ2v) is 11.2. The summed E-state index contributed by atoms with van der Waals surface area (Å²) < 4.78 is 42.6. The molecule has 0 aromatic carbocycles. The number of nitrogens with one attached hydrogen (secondary N) is 1. The van der Waals surface area contributed by atoms with Crippen LogP contribution in [0.1, 0.15) is 79.2 Å². The van der Waals surface area contributed by atoms with Gasteiger partial charge in [-0.1, -0.05) is 0 Å². The highest BCUT2D eigenvalue weighted by molar-refractivity contribution is 7.17. The molecule has 35 heavy (non-hydrogen) atoms. The summed E-state index contributed by atoms with van der Waals surface area (Å²) in [7, 11) is 0. The summed E-state index contributed by atoms with van der Waals surface area (Å²) in [4.78, 5) is 38.3. The van der Waals surface area contributed by atoms with Gasteiger partial charge in [0.2, 0.25) is 0 Å². The van der Waals surface area contributed by atoms with E-state index in [-0.39, 0.29) is 38.9 Å². The number of likely N-dealkylation sites (tertiary alicyclic amines) is 2. The third-order valence-corrected chi connectivity index (χ3v) is 7.25. The Morgan fingerprint density at radius 1 is 1.09 bits per heavy atom. The molecule has 4 heterocycles. The van der Waals surface area contributed by atoms with E-state index in [1.54, 1.807) is 9.80 Å². The van der Waals surface area contributed by atoms with Crippen molar-refractivity contribution in [2.75, 3.05) is 25.0 Å². The van der Waals surface area contributed by atoms with Gasteiger partial charge in [-0.05, 0) is 59.4 Å². The molecule has 0 saturated carbocycles. The summed E-state index contributed by atoms with van der Waals surface area (Å²) >= 11 is 0.835.